The molecule has 1 fully saturated rings. The van der Waals surface area contributed by atoms with E-state index in [0.29, 0.717) is 13.1 Å². The van der Waals surface area contributed by atoms with Gasteiger partial charge in [0, 0.05) is 18.5 Å². The molecule has 0 saturated heterocycles. The fourth-order valence-electron chi connectivity index (χ4n) is 3.12. The largest absolute Gasteiger partial charge is 0.354 e. The molecule has 1 aliphatic carbocycles. The highest BCUT2D eigenvalue weighted by molar-refractivity contribution is 7.15. The van der Waals surface area contributed by atoms with E-state index in [1.54, 1.807) is 17.4 Å². The molecule has 0 aliphatic heterocycles. The number of nitrogens with one attached hydrogen (secondary N) is 1. The number of amides is 1. The minimum absolute atomic E-state index is 0.102. The lowest BCUT2D eigenvalue weighted by Crippen LogP contribution is -2.34. The number of aromatic nitrogens is 3. The minimum atomic E-state index is -0.159. The lowest BCUT2D eigenvalue weighted by Gasteiger charge is -2.11. The van der Waals surface area contributed by atoms with Gasteiger partial charge in [-0.15, -0.1) is 11.3 Å². The second-order valence-corrected chi connectivity index (χ2v) is 7.40. The van der Waals surface area contributed by atoms with Gasteiger partial charge in [-0.25, -0.2) is 9.67 Å². The van der Waals surface area contributed by atoms with Crippen molar-refractivity contribution >= 4 is 17.2 Å². The Morgan fingerprint density at radius 3 is 2.75 bits per heavy atom. The highest BCUT2D eigenvalue weighted by Crippen LogP contribution is 2.27. The molecule has 0 aromatic carbocycles. The third kappa shape index (κ3) is 3.72. The Morgan fingerprint density at radius 2 is 2.08 bits per heavy atom. The van der Waals surface area contributed by atoms with Crippen LogP contribution in [0.4, 0.5) is 0 Å². The van der Waals surface area contributed by atoms with Gasteiger partial charge < -0.3 is 5.32 Å². The van der Waals surface area contributed by atoms with E-state index >= 15 is 0 Å². The Morgan fingerprint density at radius 1 is 1.33 bits per heavy atom. The summed E-state index contributed by atoms with van der Waals surface area (Å²) in [6.45, 7) is 4.70. The summed E-state index contributed by atoms with van der Waals surface area (Å²) in [7, 11) is 0. The summed E-state index contributed by atoms with van der Waals surface area (Å²) in [5, 5.41) is 8.34. The van der Waals surface area contributed by atoms with E-state index in [4.69, 9.17) is 0 Å². The fraction of sp³-hybridized carbons (Fsp3) is 0.529. The van der Waals surface area contributed by atoms with Gasteiger partial charge in [0.2, 0.25) is 5.91 Å². The molecule has 1 saturated carbocycles. The van der Waals surface area contributed by atoms with Crippen LogP contribution in [0.1, 0.15) is 36.4 Å². The van der Waals surface area contributed by atoms with Gasteiger partial charge >= 0.3 is 0 Å². The normalized spacial score (nSPS) is 14.9. The first-order valence-electron chi connectivity index (χ1n) is 8.35. The zero-order valence-electron chi connectivity index (χ0n) is 14.0. The number of rotatable bonds is 5. The van der Waals surface area contributed by atoms with E-state index in [1.807, 2.05) is 13.8 Å². The monoisotopic (exact) mass is 346 g/mol. The van der Waals surface area contributed by atoms with Crippen molar-refractivity contribution in [3.63, 3.8) is 0 Å². The van der Waals surface area contributed by atoms with Gasteiger partial charge in [-0.1, -0.05) is 12.8 Å². The smallest absolute Gasteiger partial charge is 0.266 e. The van der Waals surface area contributed by atoms with Crippen molar-refractivity contribution in [2.45, 2.75) is 46.1 Å². The predicted molar refractivity (Wildman–Crippen MR) is 94.0 cm³/mol. The van der Waals surface area contributed by atoms with Crippen LogP contribution in [0.3, 0.4) is 0 Å². The molecule has 0 spiro atoms. The molecule has 24 heavy (non-hydrogen) atoms. The van der Waals surface area contributed by atoms with Gasteiger partial charge in [-0.2, -0.15) is 5.10 Å². The third-order valence-corrected chi connectivity index (χ3v) is 5.45. The van der Waals surface area contributed by atoms with Crippen LogP contribution in [0.15, 0.2) is 16.9 Å². The summed E-state index contributed by atoms with van der Waals surface area (Å²) < 4.78 is 1.42. The molecule has 7 heteroatoms. The van der Waals surface area contributed by atoms with Gasteiger partial charge in [-0.05, 0) is 32.8 Å². The van der Waals surface area contributed by atoms with E-state index in [0.717, 1.165) is 47.0 Å². The first kappa shape index (κ1) is 16.8. The highest BCUT2D eigenvalue weighted by atomic mass is 32.1. The maximum Gasteiger partial charge on any atom is 0.266 e. The summed E-state index contributed by atoms with van der Waals surface area (Å²) >= 11 is 1.57. The topological polar surface area (TPSA) is 76.9 Å². The quantitative estimate of drug-likeness (QED) is 0.901. The molecular formula is C17H22N4O2S. The average Bonchev–Trinajstić information content (AvgIpc) is 3.19. The highest BCUT2D eigenvalue weighted by Gasteiger charge is 2.22. The summed E-state index contributed by atoms with van der Waals surface area (Å²) in [6, 6.07) is 3.26. The van der Waals surface area contributed by atoms with Crippen molar-refractivity contribution < 1.29 is 4.79 Å². The number of thiazole rings is 1. The number of carbonyl (C=O) groups is 1. The molecule has 2 heterocycles. The Kier molecular flexibility index (Phi) is 5.08. The summed E-state index contributed by atoms with van der Waals surface area (Å²) in [4.78, 5) is 29.4. The second kappa shape index (κ2) is 7.25. The Balaban J connectivity index is 1.67. The standard InChI is InChI=1S/C17H22N4O2S/c1-11-16(24-12(2)19-11)14-7-8-15(22)21(20-14)10-9-18-17(23)13-5-3-4-6-13/h7-8,13H,3-6,9-10H2,1-2H3,(H,18,23). The first-order chi connectivity index (χ1) is 11.5. The molecule has 1 amide bonds. The average molecular weight is 346 g/mol. The zero-order valence-corrected chi connectivity index (χ0v) is 14.9. The van der Waals surface area contributed by atoms with E-state index < -0.39 is 0 Å². The van der Waals surface area contributed by atoms with Crippen molar-refractivity contribution in [3.05, 3.63) is 33.2 Å². The molecule has 0 radical (unpaired) electrons. The fourth-order valence-corrected chi connectivity index (χ4v) is 4.00. The minimum Gasteiger partial charge on any atom is -0.354 e. The summed E-state index contributed by atoms with van der Waals surface area (Å²) in [6.07, 6.45) is 4.22. The van der Waals surface area contributed by atoms with Crippen molar-refractivity contribution in [1.29, 1.82) is 0 Å². The van der Waals surface area contributed by atoms with Crippen LogP contribution in [0.25, 0.3) is 10.6 Å². The third-order valence-electron chi connectivity index (χ3n) is 4.35. The van der Waals surface area contributed by atoms with E-state index in [1.165, 1.54) is 10.7 Å². The van der Waals surface area contributed by atoms with Crippen LogP contribution in [0, 0.1) is 19.8 Å². The lowest BCUT2D eigenvalue weighted by atomic mass is 10.1. The molecule has 3 rings (SSSR count). The SMILES string of the molecule is Cc1nc(C)c(-c2ccc(=O)n(CCNC(=O)C3CCCC3)n2)s1. The molecule has 6 nitrogen and oxygen atoms in total. The van der Waals surface area contributed by atoms with Gasteiger partial charge in [0.05, 0.1) is 22.1 Å². The maximum absolute atomic E-state index is 12.0. The number of hydrogen-bond acceptors (Lipinski definition) is 5. The number of aryl methyl sites for hydroxylation is 2. The molecule has 1 N–H and O–H groups in total. The van der Waals surface area contributed by atoms with Gasteiger partial charge in [0.25, 0.3) is 5.56 Å². The molecule has 0 bridgehead atoms. The molecule has 2 aromatic heterocycles. The van der Waals surface area contributed by atoms with Gasteiger partial charge in [-0.3, -0.25) is 9.59 Å². The van der Waals surface area contributed by atoms with Crippen molar-refractivity contribution in [1.82, 2.24) is 20.1 Å². The Labute approximate surface area is 144 Å². The summed E-state index contributed by atoms with van der Waals surface area (Å²) in [5.74, 6) is 0.245. The second-order valence-electron chi connectivity index (χ2n) is 6.20. The maximum atomic E-state index is 12.0. The van der Waals surface area contributed by atoms with Crippen molar-refractivity contribution in [2.75, 3.05) is 6.54 Å². The van der Waals surface area contributed by atoms with Gasteiger partial charge in [0.15, 0.2) is 0 Å². The molecule has 1 aliphatic rings. The van der Waals surface area contributed by atoms with E-state index in [2.05, 4.69) is 15.4 Å². The molecular weight excluding hydrogens is 324 g/mol. The Hall–Kier alpha value is -2.02. The molecule has 0 atom stereocenters. The van der Waals surface area contributed by atoms with Crippen molar-refractivity contribution in [3.8, 4) is 10.6 Å². The van der Waals surface area contributed by atoms with Crippen LogP contribution in [0.2, 0.25) is 0 Å². The molecule has 0 unspecified atom stereocenters. The zero-order chi connectivity index (χ0) is 17.1. The predicted octanol–water partition coefficient (Wildman–Crippen LogP) is 2.29. The van der Waals surface area contributed by atoms with Crippen LogP contribution in [-0.4, -0.2) is 27.2 Å². The number of carbonyl (C=O) groups excluding carboxylic acids is 1. The van der Waals surface area contributed by atoms with Crippen molar-refractivity contribution in [2.24, 2.45) is 5.92 Å². The van der Waals surface area contributed by atoms with Crippen LogP contribution in [0.5, 0.6) is 0 Å². The molecule has 2 aromatic rings. The summed E-state index contributed by atoms with van der Waals surface area (Å²) in [5.41, 5.74) is 1.51. The van der Waals surface area contributed by atoms with Gasteiger partial charge in [0.1, 0.15) is 5.69 Å². The number of hydrogen-bond donors (Lipinski definition) is 1. The lowest BCUT2D eigenvalue weighted by molar-refractivity contribution is -0.124. The van der Waals surface area contributed by atoms with Crippen LogP contribution < -0.4 is 10.9 Å². The molecule has 128 valence electrons. The first-order valence-corrected chi connectivity index (χ1v) is 9.16. The van der Waals surface area contributed by atoms with Crippen LogP contribution >= 0.6 is 11.3 Å². The number of nitrogens with zero attached hydrogens (tertiary/aromatic N) is 3. The van der Waals surface area contributed by atoms with E-state index in [9.17, 15) is 9.59 Å². The Bertz CT molecular complexity index is 790. The van der Waals surface area contributed by atoms with Crippen LogP contribution in [-0.2, 0) is 11.3 Å². The van der Waals surface area contributed by atoms with E-state index in [-0.39, 0.29) is 17.4 Å².